The molecular formula is C11H19NO4. The highest BCUT2D eigenvalue weighted by atomic mass is 16.5. The predicted molar refractivity (Wildman–Crippen MR) is 58.0 cm³/mol. The Bertz CT molecular complexity index is 259. The fourth-order valence-corrected chi connectivity index (χ4v) is 1.76. The fraction of sp³-hybridized carbons (Fsp3) is 0.818. The Balaban J connectivity index is 2.38. The molecule has 1 saturated heterocycles. The van der Waals surface area contributed by atoms with Crippen LogP contribution in [0.2, 0.25) is 0 Å². The number of carboxylic acid groups (broad SMARTS) is 1. The minimum Gasteiger partial charge on any atom is -0.480 e. The third-order valence-corrected chi connectivity index (χ3v) is 2.69. The first kappa shape index (κ1) is 13.0. The van der Waals surface area contributed by atoms with Crippen LogP contribution in [0, 0.1) is 5.92 Å². The number of aliphatic carboxylic acids is 1. The van der Waals surface area contributed by atoms with Crippen LogP contribution in [0.3, 0.4) is 0 Å². The van der Waals surface area contributed by atoms with Gasteiger partial charge in [0.2, 0.25) is 5.91 Å². The molecule has 2 N–H and O–H groups in total. The van der Waals surface area contributed by atoms with E-state index in [1.54, 1.807) is 13.8 Å². The van der Waals surface area contributed by atoms with Gasteiger partial charge in [-0.15, -0.1) is 0 Å². The molecule has 0 bridgehead atoms. The average Bonchev–Trinajstić information content (AvgIpc) is 2.65. The molecule has 0 saturated carbocycles. The van der Waals surface area contributed by atoms with Gasteiger partial charge in [-0.05, 0) is 18.8 Å². The summed E-state index contributed by atoms with van der Waals surface area (Å²) in [5, 5.41) is 11.4. The Labute approximate surface area is 95.2 Å². The van der Waals surface area contributed by atoms with Gasteiger partial charge in [0.15, 0.2) is 0 Å². The number of nitrogens with one attached hydrogen (secondary N) is 1. The van der Waals surface area contributed by atoms with Crippen LogP contribution in [0.15, 0.2) is 0 Å². The van der Waals surface area contributed by atoms with E-state index in [1.807, 2.05) is 0 Å². The van der Waals surface area contributed by atoms with Crippen LogP contribution >= 0.6 is 0 Å². The molecule has 1 heterocycles. The lowest BCUT2D eigenvalue weighted by molar-refractivity contribution is -0.143. The van der Waals surface area contributed by atoms with Crippen LogP contribution in [-0.2, 0) is 14.3 Å². The van der Waals surface area contributed by atoms with E-state index in [4.69, 9.17) is 9.84 Å². The molecule has 16 heavy (non-hydrogen) atoms. The lowest BCUT2D eigenvalue weighted by Crippen LogP contribution is -2.45. The van der Waals surface area contributed by atoms with E-state index in [0.29, 0.717) is 6.61 Å². The highest BCUT2D eigenvalue weighted by Gasteiger charge is 2.25. The number of ether oxygens (including phenoxy) is 1. The zero-order chi connectivity index (χ0) is 12.1. The second-order valence-corrected chi connectivity index (χ2v) is 4.47. The summed E-state index contributed by atoms with van der Waals surface area (Å²) in [6.45, 7) is 4.24. The molecule has 0 aromatic heterocycles. The van der Waals surface area contributed by atoms with Crippen molar-refractivity contribution in [2.24, 2.45) is 5.92 Å². The standard InChI is InChI=1S/C11H19NO4/c1-7(2)10(11(14)15)12-9(13)6-8-4-3-5-16-8/h7-8,10H,3-6H2,1-2H3,(H,12,13)(H,14,15)/t8?,10-/m1/s1. The van der Waals surface area contributed by atoms with Crippen molar-refractivity contribution < 1.29 is 19.4 Å². The molecular weight excluding hydrogens is 210 g/mol. The van der Waals surface area contributed by atoms with E-state index in [0.717, 1.165) is 12.8 Å². The molecule has 2 atom stereocenters. The molecule has 0 radical (unpaired) electrons. The number of rotatable bonds is 5. The molecule has 5 nitrogen and oxygen atoms in total. The SMILES string of the molecule is CC(C)[C@@H](NC(=O)CC1CCCO1)C(=O)O. The van der Waals surface area contributed by atoms with E-state index < -0.39 is 12.0 Å². The Hall–Kier alpha value is -1.10. The summed E-state index contributed by atoms with van der Waals surface area (Å²) in [5.41, 5.74) is 0. The van der Waals surface area contributed by atoms with Crippen molar-refractivity contribution in [1.82, 2.24) is 5.32 Å². The third kappa shape index (κ3) is 3.81. The maximum Gasteiger partial charge on any atom is 0.326 e. The minimum absolute atomic E-state index is 0.0402. The molecule has 1 unspecified atom stereocenters. The van der Waals surface area contributed by atoms with Crippen molar-refractivity contribution in [3.63, 3.8) is 0 Å². The summed E-state index contributed by atoms with van der Waals surface area (Å²) in [6.07, 6.45) is 2.08. The summed E-state index contributed by atoms with van der Waals surface area (Å²) in [5.74, 6) is -1.35. The molecule has 1 amide bonds. The molecule has 0 aromatic carbocycles. The quantitative estimate of drug-likeness (QED) is 0.730. The van der Waals surface area contributed by atoms with Crippen LogP contribution in [0.5, 0.6) is 0 Å². The Morgan fingerprint density at radius 1 is 1.50 bits per heavy atom. The van der Waals surface area contributed by atoms with Crippen LogP contribution in [0.1, 0.15) is 33.1 Å². The second-order valence-electron chi connectivity index (χ2n) is 4.47. The van der Waals surface area contributed by atoms with Crippen molar-refractivity contribution in [3.8, 4) is 0 Å². The van der Waals surface area contributed by atoms with E-state index >= 15 is 0 Å². The molecule has 0 spiro atoms. The Morgan fingerprint density at radius 2 is 2.19 bits per heavy atom. The van der Waals surface area contributed by atoms with Gasteiger partial charge < -0.3 is 15.2 Å². The van der Waals surface area contributed by atoms with E-state index in [9.17, 15) is 9.59 Å². The van der Waals surface area contributed by atoms with Gasteiger partial charge in [-0.3, -0.25) is 4.79 Å². The zero-order valence-corrected chi connectivity index (χ0v) is 9.73. The van der Waals surface area contributed by atoms with Crippen LogP contribution in [-0.4, -0.2) is 35.7 Å². The molecule has 1 rings (SSSR count). The summed E-state index contributed by atoms with van der Waals surface area (Å²) in [4.78, 5) is 22.4. The number of carboxylic acids is 1. The van der Waals surface area contributed by atoms with Gasteiger partial charge in [-0.2, -0.15) is 0 Å². The number of hydrogen-bond acceptors (Lipinski definition) is 3. The summed E-state index contributed by atoms with van der Waals surface area (Å²) >= 11 is 0. The van der Waals surface area contributed by atoms with E-state index in [-0.39, 0.29) is 24.3 Å². The van der Waals surface area contributed by atoms with E-state index in [1.165, 1.54) is 0 Å². The lowest BCUT2D eigenvalue weighted by Gasteiger charge is -2.18. The number of carbonyl (C=O) groups is 2. The van der Waals surface area contributed by atoms with Gasteiger partial charge in [0.1, 0.15) is 6.04 Å². The monoisotopic (exact) mass is 229 g/mol. The van der Waals surface area contributed by atoms with Crippen molar-refractivity contribution >= 4 is 11.9 Å². The highest BCUT2D eigenvalue weighted by molar-refractivity contribution is 5.83. The Kier molecular flexibility index (Phi) is 4.73. The molecule has 1 aliphatic rings. The van der Waals surface area contributed by atoms with Gasteiger partial charge in [0.05, 0.1) is 12.5 Å². The summed E-state index contributed by atoms with van der Waals surface area (Å²) in [6, 6.07) is -0.811. The van der Waals surface area contributed by atoms with Gasteiger partial charge in [-0.25, -0.2) is 4.79 Å². The molecule has 5 heteroatoms. The first-order valence-electron chi connectivity index (χ1n) is 5.64. The molecule has 0 aromatic rings. The normalized spacial score (nSPS) is 22.1. The van der Waals surface area contributed by atoms with Gasteiger partial charge in [0, 0.05) is 6.61 Å². The zero-order valence-electron chi connectivity index (χ0n) is 9.73. The number of carbonyl (C=O) groups excluding carboxylic acids is 1. The van der Waals surface area contributed by atoms with Gasteiger partial charge in [0.25, 0.3) is 0 Å². The van der Waals surface area contributed by atoms with E-state index in [2.05, 4.69) is 5.32 Å². The van der Waals surface area contributed by atoms with Crippen LogP contribution in [0.25, 0.3) is 0 Å². The highest BCUT2D eigenvalue weighted by Crippen LogP contribution is 2.15. The minimum atomic E-state index is -0.990. The van der Waals surface area contributed by atoms with Gasteiger partial charge >= 0.3 is 5.97 Å². The molecule has 1 fully saturated rings. The van der Waals surface area contributed by atoms with Crippen molar-refractivity contribution in [1.29, 1.82) is 0 Å². The average molecular weight is 229 g/mol. The summed E-state index contributed by atoms with van der Waals surface area (Å²) < 4.78 is 5.32. The third-order valence-electron chi connectivity index (χ3n) is 2.69. The topological polar surface area (TPSA) is 75.6 Å². The maximum absolute atomic E-state index is 11.6. The Morgan fingerprint density at radius 3 is 2.62 bits per heavy atom. The van der Waals surface area contributed by atoms with Crippen molar-refractivity contribution in [3.05, 3.63) is 0 Å². The molecule has 92 valence electrons. The lowest BCUT2D eigenvalue weighted by atomic mass is 10.0. The predicted octanol–water partition coefficient (Wildman–Crippen LogP) is 0.781. The second kappa shape index (κ2) is 5.84. The van der Waals surface area contributed by atoms with Crippen molar-refractivity contribution in [2.45, 2.75) is 45.3 Å². The molecule has 0 aliphatic carbocycles. The smallest absolute Gasteiger partial charge is 0.326 e. The maximum atomic E-state index is 11.6. The largest absolute Gasteiger partial charge is 0.480 e. The first-order chi connectivity index (χ1) is 7.50. The number of amides is 1. The van der Waals surface area contributed by atoms with Gasteiger partial charge in [-0.1, -0.05) is 13.8 Å². The fourth-order valence-electron chi connectivity index (χ4n) is 1.76. The summed E-state index contributed by atoms with van der Waals surface area (Å²) in [7, 11) is 0. The first-order valence-corrected chi connectivity index (χ1v) is 5.64. The van der Waals surface area contributed by atoms with Crippen LogP contribution in [0.4, 0.5) is 0 Å². The van der Waals surface area contributed by atoms with Crippen molar-refractivity contribution in [2.75, 3.05) is 6.61 Å². The molecule has 1 aliphatic heterocycles. The number of hydrogen-bond donors (Lipinski definition) is 2. The van der Waals surface area contributed by atoms with Crippen LogP contribution < -0.4 is 5.32 Å².